The number of nitrogens with zero attached hydrogens (tertiary/aromatic N) is 1. The van der Waals surface area contributed by atoms with Crippen LogP contribution >= 0.6 is 22.9 Å². The number of carbonyl (C=O) groups is 1. The van der Waals surface area contributed by atoms with Crippen molar-refractivity contribution in [1.29, 1.82) is 0 Å². The second-order valence-corrected chi connectivity index (χ2v) is 9.95. The average molecular weight is 600 g/mol. The number of methoxy groups -OCH3 is 4. The zero-order valence-corrected chi connectivity index (χ0v) is 25.0. The monoisotopic (exact) mass is 599 g/mol. The quantitative estimate of drug-likeness (QED) is 0.217. The van der Waals surface area contributed by atoms with Crippen molar-refractivity contribution in [1.82, 2.24) is 10.3 Å². The van der Waals surface area contributed by atoms with Crippen molar-refractivity contribution in [2.24, 2.45) is 5.73 Å². The van der Waals surface area contributed by atoms with E-state index in [0.29, 0.717) is 51.6 Å². The molecule has 1 heterocycles. The third-order valence-electron chi connectivity index (χ3n) is 5.99. The molecule has 1 amide bonds. The molecule has 11 heteroatoms. The molecule has 0 unspecified atom stereocenters. The molecular weight excluding hydrogens is 566 g/mol. The first-order valence-corrected chi connectivity index (χ1v) is 13.8. The third-order valence-corrected chi connectivity index (χ3v) is 7.39. The van der Waals surface area contributed by atoms with E-state index in [-0.39, 0.29) is 12.5 Å². The van der Waals surface area contributed by atoms with Gasteiger partial charge in [0, 0.05) is 60.0 Å². The van der Waals surface area contributed by atoms with Crippen LogP contribution in [0.15, 0.2) is 60.7 Å². The molecule has 41 heavy (non-hydrogen) atoms. The molecule has 1 aromatic heterocycles. The number of rotatable bonds is 11. The SMILES string of the molecule is COc1ccc(CN)c(OC)c1.COc1ccc(CNC(=O)c2sc(-c3ccc(Cl)cc3)nc2CCO)c(OC)c1. The van der Waals surface area contributed by atoms with Crippen LogP contribution in [0.25, 0.3) is 10.6 Å². The normalized spacial score (nSPS) is 10.3. The Bertz CT molecular complexity index is 1430. The van der Waals surface area contributed by atoms with Crippen molar-refractivity contribution in [3.63, 3.8) is 0 Å². The molecule has 4 N–H and O–H groups in total. The first-order chi connectivity index (χ1) is 19.9. The van der Waals surface area contributed by atoms with E-state index in [1.807, 2.05) is 42.5 Å². The van der Waals surface area contributed by atoms with Crippen LogP contribution in [0.2, 0.25) is 5.02 Å². The molecule has 3 aromatic carbocycles. The Morgan fingerprint density at radius 3 is 2.02 bits per heavy atom. The third kappa shape index (κ3) is 8.58. The number of benzene rings is 3. The summed E-state index contributed by atoms with van der Waals surface area (Å²) in [5.74, 6) is 2.62. The Kier molecular flexibility index (Phi) is 12.2. The first kappa shape index (κ1) is 31.7. The van der Waals surface area contributed by atoms with Crippen molar-refractivity contribution in [3.05, 3.63) is 87.4 Å². The van der Waals surface area contributed by atoms with Crippen LogP contribution in [0.4, 0.5) is 0 Å². The second-order valence-electron chi connectivity index (χ2n) is 8.52. The van der Waals surface area contributed by atoms with E-state index in [1.165, 1.54) is 11.3 Å². The molecule has 9 nitrogen and oxygen atoms in total. The van der Waals surface area contributed by atoms with Gasteiger partial charge in [0.1, 0.15) is 32.9 Å². The molecule has 0 saturated heterocycles. The Balaban J connectivity index is 0.000000322. The van der Waals surface area contributed by atoms with Crippen LogP contribution in [0, 0.1) is 0 Å². The van der Waals surface area contributed by atoms with E-state index in [0.717, 1.165) is 28.2 Å². The smallest absolute Gasteiger partial charge is 0.263 e. The van der Waals surface area contributed by atoms with Gasteiger partial charge in [-0.1, -0.05) is 29.8 Å². The molecule has 0 aliphatic carbocycles. The van der Waals surface area contributed by atoms with Crippen LogP contribution in [-0.4, -0.2) is 51.0 Å². The number of nitrogens with two attached hydrogens (primary N) is 1. The number of aliphatic hydroxyl groups is 1. The number of ether oxygens (including phenoxy) is 4. The van der Waals surface area contributed by atoms with Crippen molar-refractivity contribution < 1.29 is 28.8 Å². The van der Waals surface area contributed by atoms with E-state index in [2.05, 4.69) is 10.3 Å². The molecule has 0 fully saturated rings. The number of thiazole rings is 1. The highest BCUT2D eigenvalue weighted by Gasteiger charge is 2.19. The van der Waals surface area contributed by atoms with Gasteiger partial charge in [-0.2, -0.15) is 0 Å². The van der Waals surface area contributed by atoms with Gasteiger partial charge in [0.15, 0.2) is 0 Å². The standard InChI is InChI=1S/C21H21ClN2O4S.C9H13NO2/c1-27-16-8-5-14(18(11-16)28-2)12-23-20(26)19-17(9-10-25)24-21(29-19)13-3-6-15(22)7-4-13;1-11-8-4-3-7(6-10)9(5-8)12-2/h3-8,11,25H,9-10,12H2,1-2H3,(H,23,26);3-5H,6,10H2,1-2H3. The molecule has 0 atom stereocenters. The molecule has 218 valence electrons. The van der Waals surface area contributed by atoms with Gasteiger partial charge in [-0.3, -0.25) is 4.79 Å². The lowest BCUT2D eigenvalue weighted by Crippen LogP contribution is -2.23. The van der Waals surface area contributed by atoms with Crippen molar-refractivity contribution in [2.75, 3.05) is 35.0 Å². The molecule has 4 rings (SSSR count). The number of aliphatic hydroxyl groups excluding tert-OH is 1. The van der Waals surface area contributed by atoms with E-state index < -0.39 is 0 Å². The molecule has 4 aromatic rings. The number of nitrogens with one attached hydrogen (secondary N) is 1. The van der Waals surface area contributed by atoms with Crippen molar-refractivity contribution in [2.45, 2.75) is 19.5 Å². The molecule has 0 spiro atoms. The van der Waals surface area contributed by atoms with Gasteiger partial charge in [0.2, 0.25) is 0 Å². The summed E-state index contributed by atoms with van der Waals surface area (Å²) >= 11 is 7.24. The van der Waals surface area contributed by atoms with Gasteiger partial charge < -0.3 is 35.1 Å². The van der Waals surface area contributed by atoms with Crippen LogP contribution < -0.4 is 30.0 Å². The molecule has 0 bridgehead atoms. The second kappa shape index (κ2) is 15.8. The Labute approximate surface area is 248 Å². The van der Waals surface area contributed by atoms with Crippen LogP contribution in [0.3, 0.4) is 0 Å². The highest BCUT2D eigenvalue weighted by atomic mass is 35.5. The molecule has 0 aliphatic rings. The van der Waals surface area contributed by atoms with E-state index in [4.69, 9.17) is 36.3 Å². The predicted octanol–water partition coefficient (Wildman–Crippen LogP) is 5.11. The van der Waals surface area contributed by atoms with Crippen molar-refractivity contribution in [3.8, 4) is 33.6 Å². The summed E-state index contributed by atoms with van der Waals surface area (Å²) in [4.78, 5) is 17.9. The number of hydrogen-bond acceptors (Lipinski definition) is 9. The van der Waals surface area contributed by atoms with Crippen LogP contribution in [0.1, 0.15) is 26.5 Å². The minimum Gasteiger partial charge on any atom is -0.497 e. The van der Waals surface area contributed by atoms with Gasteiger partial charge in [0.25, 0.3) is 5.91 Å². The number of amides is 1. The maximum absolute atomic E-state index is 12.8. The minimum atomic E-state index is -0.246. The largest absolute Gasteiger partial charge is 0.497 e. The first-order valence-electron chi connectivity index (χ1n) is 12.6. The van der Waals surface area contributed by atoms with Crippen LogP contribution in [-0.2, 0) is 19.5 Å². The maximum Gasteiger partial charge on any atom is 0.263 e. The zero-order valence-electron chi connectivity index (χ0n) is 23.4. The van der Waals surface area contributed by atoms with Gasteiger partial charge in [-0.25, -0.2) is 4.98 Å². The van der Waals surface area contributed by atoms with Gasteiger partial charge >= 0.3 is 0 Å². The van der Waals surface area contributed by atoms with E-state index in [9.17, 15) is 9.90 Å². The number of carbonyl (C=O) groups excluding carboxylic acids is 1. The lowest BCUT2D eigenvalue weighted by molar-refractivity contribution is 0.0953. The summed E-state index contributed by atoms with van der Waals surface area (Å²) < 4.78 is 20.7. The summed E-state index contributed by atoms with van der Waals surface area (Å²) in [6, 6.07) is 18.3. The fourth-order valence-corrected chi connectivity index (χ4v) is 4.95. The van der Waals surface area contributed by atoms with E-state index in [1.54, 1.807) is 46.6 Å². The highest BCUT2D eigenvalue weighted by molar-refractivity contribution is 7.17. The van der Waals surface area contributed by atoms with Gasteiger partial charge in [0.05, 0.1) is 34.1 Å². The number of halogens is 1. The Morgan fingerprint density at radius 1 is 0.902 bits per heavy atom. The van der Waals surface area contributed by atoms with E-state index >= 15 is 0 Å². The van der Waals surface area contributed by atoms with Gasteiger partial charge in [-0.15, -0.1) is 11.3 Å². The summed E-state index contributed by atoms with van der Waals surface area (Å²) in [5, 5.41) is 13.6. The summed E-state index contributed by atoms with van der Waals surface area (Å²) in [5.41, 5.74) is 8.75. The Hall–Kier alpha value is -3.83. The minimum absolute atomic E-state index is 0.0869. The molecule has 0 saturated carbocycles. The predicted molar refractivity (Wildman–Crippen MR) is 162 cm³/mol. The summed E-state index contributed by atoms with van der Waals surface area (Å²) in [6.45, 7) is 0.683. The zero-order chi connectivity index (χ0) is 29.8. The fourth-order valence-electron chi connectivity index (χ4n) is 3.79. The Morgan fingerprint density at radius 2 is 1.49 bits per heavy atom. The molecule has 0 aliphatic heterocycles. The lowest BCUT2D eigenvalue weighted by Gasteiger charge is -2.11. The number of aromatic nitrogens is 1. The lowest BCUT2D eigenvalue weighted by atomic mass is 10.2. The number of hydrogen-bond donors (Lipinski definition) is 3. The summed E-state index contributed by atoms with van der Waals surface area (Å²) in [7, 11) is 6.40. The summed E-state index contributed by atoms with van der Waals surface area (Å²) in [6.07, 6.45) is 0.304. The maximum atomic E-state index is 12.8. The van der Waals surface area contributed by atoms with Crippen LogP contribution in [0.5, 0.6) is 23.0 Å². The van der Waals surface area contributed by atoms with Gasteiger partial charge in [-0.05, 0) is 30.3 Å². The average Bonchev–Trinajstić information content (AvgIpc) is 3.44. The highest BCUT2D eigenvalue weighted by Crippen LogP contribution is 2.30. The fraction of sp³-hybridized carbons (Fsp3) is 0.267. The molecule has 0 radical (unpaired) electrons. The topological polar surface area (TPSA) is 125 Å². The van der Waals surface area contributed by atoms with Crippen molar-refractivity contribution >= 4 is 28.8 Å². The molecular formula is C30H34ClN3O6S.